The summed E-state index contributed by atoms with van der Waals surface area (Å²) in [6.07, 6.45) is 0. The summed E-state index contributed by atoms with van der Waals surface area (Å²) in [5.74, 6) is 1.40. The molecule has 23 heavy (non-hydrogen) atoms. The summed E-state index contributed by atoms with van der Waals surface area (Å²) < 4.78 is 5.73. The van der Waals surface area contributed by atoms with Crippen molar-refractivity contribution in [2.75, 3.05) is 19.7 Å². The fraction of sp³-hybridized carbons (Fsp3) is 0.368. The van der Waals surface area contributed by atoms with Gasteiger partial charge >= 0.3 is 0 Å². The molecule has 1 aliphatic heterocycles. The molecule has 0 radical (unpaired) electrons. The third kappa shape index (κ3) is 4.25. The predicted octanol–water partition coefficient (Wildman–Crippen LogP) is 3.43. The summed E-state index contributed by atoms with van der Waals surface area (Å²) in [6.45, 7) is 5.55. The number of hydrogen-bond donors (Lipinski definition) is 1. The van der Waals surface area contributed by atoms with Gasteiger partial charge in [-0.25, -0.2) is 0 Å². The van der Waals surface area contributed by atoms with E-state index < -0.39 is 0 Å². The van der Waals surface area contributed by atoms with Gasteiger partial charge in [0.1, 0.15) is 5.75 Å². The lowest BCUT2D eigenvalue weighted by atomic mass is 9.95. The van der Waals surface area contributed by atoms with Crippen LogP contribution in [0.1, 0.15) is 24.0 Å². The maximum absolute atomic E-state index is 6.38. The third-order valence-corrected chi connectivity index (χ3v) is 4.33. The molecule has 2 aromatic carbocycles. The molecule has 2 aromatic rings. The predicted molar refractivity (Wildman–Crippen MR) is 97.3 cm³/mol. The van der Waals surface area contributed by atoms with Crippen LogP contribution in [0.25, 0.3) is 0 Å². The second-order valence-corrected chi connectivity index (χ2v) is 5.92. The minimum atomic E-state index is 0. The van der Waals surface area contributed by atoms with Crippen LogP contribution < -0.4 is 10.5 Å². The number of halogens is 1. The van der Waals surface area contributed by atoms with Gasteiger partial charge in [0.15, 0.2) is 0 Å². The second-order valence-electron chi connectivity index (χ2n) is 5.92. The van der Waals surface area contributed by atoms with Crippen LogP contribution in [-0.2, 0) is 6.54 Å². The molecule has 0 unspecified atom stereocenters. The van der Waals surface area contributed by atoms with Crippen LogP contribution in [0.5, 0.6) is 5.75 Å². The lowest BCUT2D eigenvalue weighted by Gasteiger charge is -2.18. The zero-order valence-corrected chi connectivity index (χ0v) is 14.3. The number of ether oxygens (including phenoxy) is 1. The number of para-hydroxylation sites is 1. The van der Waals surface area contributed by atoms with E-state index in [1.54, 1.807) is 0 Å². The van der Waals surface area contributed by atoms with Crippen LogP contribution in [0.15, 0.2) is 54.6 Å². The molecular weight excluding hydrogens is 308 g/mol. The number of hydrogen-bond acceptors (Lipinski definition) is 3. The molecule has 1 heterocycles. The van der Waals surface area contributed by atoms with E-state index in [0.717, 1.165) is 25.4 Å². The van der Waals surface area contributed by atoms with Gasteiger partial charge in [-0.05, 0) is 18.6 Å². The first-order chi connectivity index (χ1) is 10.8. The van der Waals surface area contributed by atoms with Gasteiger partial charge in [-0.15, -0.1) is 12.4 Å². The second kappa shape index (κ2) is 8.34. The van der Waals surface area contributed by atoms with Crippen molar-refractivity contribution < 1.29 is 4.74 Å². The molecule has 1 aliphatic rings. The van der Waals surface area contributed by atoms with E-state index in [0.29, 0.717) is 12.5 Å². The zero-order valence-electron chi connectivity index (χ0n) is 13.5. The molecule has 0 saturated carbocycles. The first-order valence-corrected chi connectivity index (χ1v) is 8.01. The largest absolute Gasteiger partial charge is 0.494 e. The summed E-state index contributed by atoms with van der Waals surface area (Å²) in [5.41, 5.74) is 8.96. The molecule has 2 atom stereocenters. The average molecular weight is 333 g/mol. The van der Waals surface area contributed by atoms with E-state index >= 15 is 0 Å². The Kier molecular flexibility index (Phi) is 6.46. The highest BCUT2D eigenvalue weighted by Crippen LogP contribution is 2.29. The Hall–Kier alpha value is -1.55. The third-order valence-electron chi connectivity index (χ3n) is 4.33. The van der Waals surface area contributed by atoms with Crippen LogP contribution in [0.2, 0.25) is 0 Å². The van der Waals surface area contributed by atoms with Crippen LogP contribution in [0.4, 0.5) is 0 Å². The van der Waals surface area contributed by atoms with E-state index in [2.05, 4.69) is 47.4 Å². The minimum absolute atomic E-state index is 0. The maximum atomic E-state index is 6.38. The molecule has 0 spiro atoms. The maximum Gasteiger partial charge on any atom is 0.123 e. The first kappa shape index (κ1) is 17.8. The highest BCUT2D eigenvalue weighted by Gasteiger charge is 2.31. The average Bonchev–Trinajstić information content (AvgIpc) is 2.91. The molecule has 3 rings (SSSR count). The Balaban J connectivity index is 0.00000192. The van der Waals surface area contributed by atoms with Crippen LogP contribution >= 0.6 is 12.4 Å². The van der Waals surface area contributed by atoms with Crippen molar-refractivity contribution >= 4 is 12.4 Å². The molecule has 0 amide bonds. The van der Waals surface area contributed by atoms with Gasteiger partial charge in [0.25, 0.3) is 0 Å². The number of nitrogens with zero attached hydrogens (tertiary/aromatic N) is 1. The molecule has 1 saturated heterocycles. The van der Waals surface area contributed by atoms with Crippen molar-refractivity contribution in [2.45, 2.75) is 25.4 Å². The van der Waals surface area contributed by atoms with Crippen molar-refractivity contribution in [3.8, 4) is 5.75 Å². The standard InChI is InChI=1S/C19H24N2O.ClH/c1-2-22-19-11-7-6-10-16(19)12-21-13-17(18(20)14-21)15-8-4-3-5-9-15;/h3-11,17-18H,2,12-14,20H2,1H3;1H/t17-,18+;/m0./s1. The van der Waals surface area contributed by atoms with Crippen molar-refractivity contribution in [1.82, 2.24) is 4.90 Å². The molecule has 124 valence electrons. The Labute approximate surface area is 144 Å². The fourth-order valence-electron chi connectivity index (χ4n) is 3.27. The van der Waals surface area contributed by atoms with E-state index in [4.69, 9.17) is 10.5 Å². The van der Waals surface area contributed by atoms with E-state index in [1.165, 1.54) is 11.1 Å². The normalized spacial score (nSPS) is 21.0. The molecule has 2 N–H and O–H groups in total. The highest BCUT2D eigenvalue weighted by atomic mass is 35.5. The lowest BCUT2D eigenvalue weighted by Crippen LogP contribution is -2.28. The summed E-state index contributed by atoms with van der Waals surface area (Å²) in [4.78, 5) is 2.43. The molecule has 0 aromatic heterocycles. The van der Waals surface area contributed by atoms with E-state index in [-0.39, 0.29) is 18.4 Å². The van der Waals surface area contributed by atoms with Crippen LogP contribution in [-0.4, -0.2) is 30.6 Å². The Bertz CT molecular complexity index is 605. The minimum Gasteiger partial charge on any atom is -0.494 e. The van der Waals surface area contributed by atoms with Crippen molar-refractivity contribution in [3.05, 3.63) is 65.7 Å². The quantitative estimate of drug-likeness (QED) is 0.911. The van der Waals surface area contributed by atoms with Gasteiger partial charge in [-0.2, -0.15) is 0 Å². The Morgan fingerprint density at radius 2 is 1.74 bits per heavy atom. The van der Waals surface area contributed by atoms with Gasteiger partial charge in [0, 0.05) is 37.2 Å². The van der Waals surface area contributed by atoms with Crippen molar-refractivity contribution in [2.24, 2.45) is 5.73 Å². The van der Waals surface area contributed by atoms with Gasteiger partial charge in [-0.3, -0.25) is 4.90 Å². The number of benzene rings is 2. The van der Waals surface area contributed by atoms with Gasteiger partial charge in [0.2, 0.25) is 0 Å². The first-order valence-electron chi connectivity index (χ1n) is 8.01. The number of nitrogens with two attached hydrogens (primary N) is 1. The molecular formula is C19H25ClN2O. The summed E-state index contributed by atoms with van der Waals surface area (Å²) >= 11 is 0. The van der Waals surface area contributed by atoms with Gasteiger partial charge in [-0.1, -0.05) is 48.5 Å². The molecule has 1 fully saturated rings. The molecule has 3 nitrogen and oxygen atoms in total. The Morgan fingerprint density at radius 3 is 2.48 bits per heavy atom. The zero-order chi connectivity index (χ0) is 15.4. The fourth-order valence-corrected chi connectivity index (χ4v) is 3.27. The number of likely N-dealkylation sites (tertiary alicyclic amines) is 1. The summed E-state index contributed by atoms with van der Waals surface area (Å²) in [6, 6.07) is 19.1. The van der Waals surface area contributed by atoms with Gasteiger partial charge < -0.3 is 10.5 Å². The van der Waals surface area contributed by atoms with Gasteiger partial charge in [0.05, 0.1) is 6.61 Å². The van der Waals surface area contributed by atoms with E-state index in [9.17, 15) is 0 Å². The highest BCUT2D eigenvalue weighted by molar-refractivity contribution is 5.85. The summed E-state index contributed by atoms with van der Waals surface area (Å²) in [5, 5.41) is 0. The molecule has 0 bridgehead atoms. The smallest absolute Gasteiger partial charge is 0.123 e. The van der Waals surface area contributed by atoms with Crippen LogP contribution in [0.3, 0.4) is 0 Å². The Morgan fingerprint density at radius 1 is 1.04 bits per heavy atom. The van der Waals surface area contributed by atoms with Crippen LogP contribution in [0, 0.1) is 0 Å². The number of rotatable bonds is 5. The molecule has 0 aliphatic carbocycles. The van der Waals surface area contributed by atoms with Crippen molar-refractivity contribution in [1.29, 1.82) is 0 Å². The SMILES string of the molecule is CCOc1ccccc1CN1C[C@@H](N)[C@H](c2ccccc2)C1.Cl. The topological polar surface area (TPSA) is 38.5 Å². The lowest BCUT2D eigenvalue weighted by molar-refractivity contribution is 0.301. The van der Waals surface area contributed by atoms with Crippen molar-refractivity contribution in [3.63, 3.8) is 0 Å². The summed E-state index contributed by atoms with van der Waals surface area (Å²) in [7, 11) is 0. The molecule has 4 heteroatoms. The monoisotopic (exact) mass is 332 g/mol. The van der Waals surface area contributed by atoms with E-state index in [1.807, 2.05) is 19.1 Å².